The summed E-state index contributed by atoms with van der Waals surface area (Å²) in [7, 11) is 0. The van der Waals surface area contributed by atoms with Crippen LogP contribution < -0.4 is 5.32 Å². The third-order valence-electron chi connectivity index (χ3n) is 4.97. The molecule has 1 aliphatic rings. The van der Waals surface area contributed by atoms with Gasteiger partial charge in [0.1, 0.15) is 0 Å². The highest BCUT2D eigenvalue weighted by Crippen LogP contribution is 2.44. The molecule has 1 saturated carbocycles. The van der Waals surface area contributed by atoms with E-state index in [9.17, 15) is 0 Å². The molecule has 21 heavy (non-hydrogen) atoms. The highest BCUT2D eigenvalue weighted by Gasteiger charge is 2.44. The van der Waals surface area contributed by atoms with Gasteiger partial charge in [-0.05, 0) is 63.8 Å². The lowest BCUT2D eigenvalue weighted by molar-refractivity contribution is -0.108. The highest BCUT2D eigenvalue weighted by molar-refractivity contribution is 4.99. The summed E-state index contributed by atoms with van der Waals surface area (Å²) in [4.78, 5) is 0. The third-order valence-corrected chi connectivity index (χ3v) is 4.97. The third kappa shape index (κ3) is 5.64. The fourth-order valence-corrected chi connectivity index (χ4v) is 3.51. The van der Waals surface area contributed by atoms with Gasteiger partial charge in [-0.3, -0.25) is 0 Å². The van der Waals surface area contributed by atoms with Crippen LogP contribution in [0.15, 0.2) is 0 Å². The van der Waals surface area contributed by atoms with Crippen LogP contribution >= 0.6 is 0 Å². The Morgan fingerprint density at radius 2 is 1.86 bits per heavy atom. The SMILES string of the molecule is C#CCCCC(NCCC)C1(OCC)CCC(C)(C)CC1. The maximum Gasteiger partial charge on any atom is 0.0834 e. The van der Waals surface area contributed by atoms with Crippen molar-refractivity contribution in [2.24, 2.45) is 5.41 Å². The molecule has 122 valence electrons. The van der Waals surface area contributed by atoms with E-state index >= 15 is 0 Å². The van der Waals surface area contributed by atoms with Crippen LogP contribution in [0.4, 0.5) is 0 Å². The van der Waals surface area contributed by atoms with Gasteiger partial charge in [0.2, 0.25) is 0 Å². The van der Waals surface area contributed by atoms with E-state index in [1.807, 2.05) is 0 Å². The van der Waals surface area contributed by atoms with E-state index in [1.54, 1.807) is 0 Å². The summed E-state index contributed by atoms with van der Waals surface area (Å²) >= 11 is 0. The largest absolute Gasteiger partial charge is 0.374 e. The summed E-state index contributed by atoms with van der Waals surface area (Å²) in [6, 6.07) is 0.446. The maximum atomic E-state index is 6.34. The van der Waals surface area contributed by atoms with Gasteiger partial charge < -0.3 is 10.1 Å². The summed E-state index contributed by atoms with van der Waals surface area (Å²) in [5.41, 5.74) is 0.489. The maximum absolute atomic E-state index is 6.34. The van der Waals surface area contributed by atoms with E-state index in [-0.39, 0.29) is 5.60 Å². The molecule has 0 heterocycles. The fourth-order valence-electron chi connectivity index (χ4n) is 3.51. The van der Waals surface area contributed by atoms with Crippen molar-refractivity contribution in [3.8, 4) is 12.3 Å². The van der Waals surface area contributed by atoms with Crippen LogP contribution in [0.2, 0.25) is 0 Å². The molecule has 2 nitrogen and oxygen atoms in total. The minimum atomic E-state index is 0.0219. The number of nitrogens with one attached hydrogen (secondary N) is 1. The van der Waals surface area contributed by atoms with Crippen molar-refractivity contribution in [1.82, 2.24) is 5.32 Å². The molecule has 1 N–H and O–H groups in total. The van der Waals surface area contributed by atoms with E-state index in [4.69, 9.17) is 11.2 Å². The van der Waals surface area contributed by atoms with Gasteiger partial charge >= 0.3 is 0 Å². The molecule has 0 spiro atoms. The van der Waals surface area contributed by atoms with Crippen LogP contribution in [0, 0.1) is 17.8 Å². The summed E-state index contributed by atoms with van der Waals surface area (Å²) in [6.45, 7) is 11.0. The van der Waals surface area contributed by atoms with E-state index in [0.29, 0.717) is 11.5 Å². The Labute approximate surface area is 132 Å². The molecule has 0 aliphatic heterocycles. The molecule has 1 unspecified atom stereocenters. The summed E-state index contributed by atoms with van der Waals surface area (Å²) in [5.74, 6) is 2.77. The van der Waals surface area contributed by atoms with Crippen molar-refractivity contribution < 1.29 is 4.74 Å². The summed E-state index contributed by atoms with van der Waals surface area (Å²) < 4.78 is 6.34. The number of terminal acetylenes is 1. The molecule has 0 aromatic heterocycles. The minimum absolute atomic E-state index is 0.0219. The van der Waals surface area contributed by atoms with Crippen LogP contribution in [-0.2, 0) is 4.74 Å². The number of unbranched alkanes of at least 4 members (excludes halogenated alkanes) is 1. The van der Waals surface area contributed by atoms with Crippen LogP contribution in [0.5, 0.6) is 0 Å². The second kappa shape index (κ2) is 8.81. The summed E-state index contributed by atoms with van der Waals surface area (Å²) in [5, 5.41) is 3.76. The quantitative estimate of drug-likeness (QED) is 0.498. The standard InChI is InChI=1S/C19H35NO/c1-6-9-10-11-17(20-16-7-2)19(21-8-3)14-12-18(4,5)13-15-19/h1,17,20H,7-16H2,2-5H3. The first kappa shape index (κ1) is 18.5. The Morgan fingerprint density at radius 3 is 2.38 bits per heavy atom. The van der Waals surface area contributed by atoms with Crippen molar-refractivity contribution in [2.75, 3.05) is 13.2 Å². The monoisotopic (exact) mass is 293 g/mol. The first-order valence-corrected chi connectivity index (χ1v) is 8.80. The van der Waals surface area contributed by atoms with Crippen LogP contribution in [0.1, 0.15) is 79.1 Å². The molecule has 0 saturated heterocycles. The molecule has 1 aliphatic carbocycles. The topological polar surface area (TPSA) is 21.3 Å². The smallest absolute Gasteiger partial charge is 0.0834 e. The van der Waals surface area contributed by atoms with Crippen molar-refractivity contribution in [3.63, 3.8) is 0 Å². The zero-order valence-electron chi connectivity index (χ0n) is 14.6. The lowest BCUT2D eigenvalue weighted by Gasteiger charge is -2.48. The normalized spacial score (nSPS) is 21.7. The van der Waals surface area contributed by atoms with E-state index < -0.39 is 0 Å². The van der Waals surface area contributed by atoms with Gasteiger partial charge in [-0.2, -0.15) is 0 Å². The molecule has 1 fully saturated rings. The molecule has 0 radical (unpaired) electrons. The fraction of sp³-hybridized carbons (Fsp3) is 0.895. The number of rotatable bonds is 9. The van der Waals surface area contributed by atoms with Crippen molar-refractivity contribution in [1.29, 1.82) is 0 Å². The average molecular weight is 293 g/mol. The van der Waals surface area contributed by atoms with E-state index in [2.05, 4.69) is 38.9 Å². The van der Waals surface area contributed by atoms with Gasteiger partial charge in [0.05, 0.1) is 5.60 Å². The molecule has 0 bridgehead atoms. The van der Waals surface area contributed by atoms with Gasteiger partial charge in [0.15, 0.2) is 0 Å². The Kier molecular flexibility index (Phi) is 7.77. The molecule has 0 aromatic carbocycles. The lowest BCUT2D eigenvalue weighted by atomic mass is 9.67. The van der Waals surface area contributed by atoms with Gasteiger partial charge in [-0.1, -0.05) is 20.8 Å². The molecule has 1 rings (SSSR count). The van der Waals surface area contributed by atoms with Crippen molar-refractivity contribution >= 4 is 0 Å². The average Bonchev–Trinajstić information content (AvgIpc) is 2.46. The number of ether oxygens (including phenoxy) is 1. The molecular weight excluding hydrogens is 258 g/mol. The van der Waals surface area contributed by atoms with Gasteiger partial charge in [-0.25, -0.2) is 0 Å². The molecule has 1 atom stereocenters. The van der Waals surface area contributed by atoms with Crippen molar-refractivity contribution in [2.45, 2.75) is 90.7 Å². The number of hydrogen-bond donors (Lipinski definition) is 1. The van der Waals surface area contributed by atoms with Crippen molar-refractivity contribution in [3.05, 3.63) is 0 Å². The van der Waals surface area contributed by atoms with E-state index in [1.165, 1.54) is 32.1 Å². The van der Waals surface area contributed by atoms with Gasteiger partial charge in [0.25, 0.3) is 0 Å². The zero-order chi connectivity index (χ0) is 15.8. The Bertz CT molecular complexity index is 319. The van der Waals surface area contributed by atoms with Crippen LogP contribution in [0.25, 0.3) is 0 Å². The lowest BCUT2D eigenvalue weighted by Crippen LogP contribution is -2.55. The van der Waals surface area contributed by atoms with Crippen LogP contribution in [-0.4, -0.2) is 24.8 Å². The predicted octanol–water partition coefficient (Wildman–Crippen LogP) is 4.53. The Balaban J connectivity index is 2.77. The first-order valence-electron chi connectivity index (χ1n) is 8.80. The molecular formula is C19H35NO. The molecule has 2 heteroatoms. The Morgan fingerprint density at radius 1 is 1.19 bits per heavy atom. The highest BCUT2D eigenvalue weighted by atomic mass is 16.5. The second-order valence-electron chi connectivity index (χ2n) is 7.27. The van der Waals surface area contributed by atoms with E-state index in [0.717, 1.165) is 32.4 Å². The first-order chi connectivity index (χ1) is 9.99. The minimum Gasteiger partial charge on any atom is -0.374 e. The zero-order valence-corrected chi connectivity index (χ0v) is 14.6. The second-order valence-corrected chi connectivity index (χ2v) is 7.27. The summed E-state index contributed by atoms with van der Waals surface area (Å²) in [6.07, 6.45) is 14.5. The molecule has 0 aromatic rings. The predicted molar refractivity (Wildman–Crippen MR) is 91.4 cm³/mol. The molecule has 0 amide bonds. The van der Waals surface area contributed by atoms with Gasteiger partial charge in [-0.15, -0.1) is 12.3 Å². The Hall–Kier alpha value is -0.520. The van der Waals surface area contributed by atoms with Crippen LogP contribution in [0.3, 0.4) is 0 Å². The van der Waals surface area contributed by atoms with Gasteiger partial charge in [0, 0.05) is 19.1 Å². The number of hydrogen-bond acceptors (Lipinski definition) is 2.